The third-order valence-electron chi connectivity index (χ3n) is 2.45. The van der Waals surface area contributed by atoms with Crippen LogP contribution in [0.25, 0.3) is 0 Å². The van der Waals surface area contributed by atoms with Gasteiger partial charge in [-0.1, -0.05) is 19.4 Å². The van der Waals surface area contributed by atoms with E-state index in [9.17, 15) is 0 Å². The zero-order chi connectivity index (χ0) is 10.2. The van der Waals surface area contributed by atoms with E-state index < -0.39 is 0 Å². The first-order chi connectivity index (χ1) is 6.86. The summed E-state index contributed by atoms with van der Waals surface area (Å²) in [6.07, 6.45) is 9.84. The van der Waals surface area contributed by atoms with Crippen LogP contribution in [0, 0.1) is 0 Å². The zero-order valence-electron chi connectivity index (χ0n) is 9.25. The average Bonchev–Trinajstić information content (AvgIpc) is 2.25. The van der Waals surface area contributed by atoms with Gasteiger partial charge in [-0.05, 0) is 38.0 Å². The molecule has 0 saturated carbocycles. The Morgan fingerprint density at radius 3 is 3.00 bits per heavy atom. The van der Waals surface area contributed by atoms with Gasteiger partial charge in [0.2, 0.25) is 0 Å². The van der Waals surface area contributed by atoms with Gasteiger partial charge in [-0.25, -0.2) is 0 Å². The topological polar surface area (TPSA) is 21.3 Å². The molecule has 0 radical (unpaired) electrons. The number of hydrogen-bond acceptors (Lipinski definition) is 2. The smallest absolute Gasteiger partial charge is 0.117 e. The van der Waals surface area contributed by atoms with E-state index in [4.69, 9.17) is 4.74 Å². The predicted molar refractivity (Wildman–Crippen MR) is 60.2 cm³/mol. The van der Waals surface area contributed by atoms with Crippen LogP contribution in [0.2, 0.25) is 0 Å². The van der Waals surface area contributed by atoms with Gasteiger partial charge in [0.05, 0.1) is 6.26 Å². The van der Waals surface area contributed by atoms with Gasteiger partial charge in [-0.15, -0.1) is 0 Å². The van der Waals surface area contributed by atoms with E-state index in [-0.39, 0.29) is 0 Å². The summed E-state index contributed by atoms with van der Waals surface area (Å²) >= 11 is 0. The lowest BCUT2D eigenvalue weighted by Crippen LogP contribution is -2.18. The van der Waals surface area contributed by atoms with Crippen molar-refractivity contribution in [2.45, 2.75) is 39.2 Å². The first-order valence-corrected chi connectivity index (χ1v) is 5.57. The predicted octanol–water partition coefficient (Wildman–Crippen LogP) is 2.63. The highest BCUT2D eigenvalue weighted by molar-refractivity contribution is 5.08. The summed E-state index contributed by atoms with van der Waals surface area (Å²) in [5.41, 5.74) is 1.45. The molecule has 14 heavy (non-hydrogen) atoms. The highest BCUT2D eigenvalue weighted by Gasteiger charge is 2.08. The van der Waals surface area contributed by atoms with E-state index in [1.807, 2.05) is 6.26 Å². The van der Waals surface area contributed by atoms with E-state index in [2.05, 4.69) is 31.3 Å². The molecule has 2 nitrogen and oxygen atoms in total. The average molecular weight is 195 g/mol. The van der Waals surface area contributed by atoms with Crippen LogP contribution < -0.4 is 5.32 Å². The van der Waals surface area contributed by atoms with Gasteiger partial charge >= 0.3 is 0 Å². The molecule has 1 aliphatic rings. The maximum absolute atomic E-state index is 5.51. The van der Waals surface area contributed by atoms with Crippen LogP contribution in [0.4, 0.5) is 0 Å². The number of allylic oxidation sites excluding steroid dienone is 1. The summed E-state index contributed by atoms with van der Waals surface area (Å²) < 4.78 is 5.51. The fraction of sp³-hybridized carbons (Fsp3) is 0.667. The first kappa shape index (κ1) is 11.3. The molecule has 1 rings (SSSR count). The summed E-state index contributed by atoms with van der Waals surface area (Å²) in [6.45, 7) is 6.36. The van der Waals surface area contributed by atoms with Crippen molar-refractivity contribution in [3.8, 4) is 0 Å². The molecule has 1 atom stereocenters. The Labute approximate surface area is 87.0 Å². The summed E-state index contributed by atoms with van der Waals surface area (Å²) in [5.74, 6) is 0. The van der Waals surface area contributed by atoms with Crippen molar-refractivity contribution < 1.29 is 4.74 Å². The Morgan fingerprint density at radius 1 is 1.57 bits per heavy atom. The first-order valence-electron chi connectivity index (χ1n) is 5.57. The highest BCUT2D eigenvalue weighted by Crippen LogP contribution is 2.14. The van der Waals surface area contributed by atoms with Crippen LogP contribution in [0.3, 0.4) is 0 Å². The molecule has 1 N–H and O–H groups in total. The maximum atomic E-state index is 5.51. The van der Waals surface area contributed by atoms with Gasteiger partial charge in [0.15, 0.2) is 0 Å². The molecule has 0 aliphatic carbocycles. The van der Waals surface area contributed by atoms with Crippen molar-refractivity contribution in [2.75, 3.05) is 13.1 Å². The van der Waals surface area contributed by atoms with E-state index in [0.29, 0.717) is 6.10 Å². The SMILES string of the molecule is CCNC/C(=C\C1CCC=CO1)CC. The third-order valence-corrected chi connectivity index (χ3v) is 2.45. The Balaban J connectivity index is 2.40. The van der Waals surface area contributed by atoms with Crippen LogP contribution in [-0.2, 0) is 4.74 Å². The monoisotopic (exact) mass is 195 g/mol. The van der Waals surface area contributed by atoms with E-state index in [0.717, 1.165) is 32.4 Å². The molecule has 0 aromatic heterocycles. The Bertz CT molecular complexity index is 208. The summed E-state index contributed by atoms with van der Waals surface area (Å²) in [5, 5.41) is 3.35. The number of rotatable bonds is 5. The molecular weight excluding hydrogens is 174 g/mol. The van der Waals surface area contributed by atoms with Crippen molar-refractivity contribution in [1.82, 2.24) is 5.32 Å². The van der Waals surface area contributed by atoms with Crippen LogP contribution in [0.1, 0.15) is 33.1 Å². The van der Waals surface area contributed by atoms with Crippen LogP contribution in [-0.4, -0.2) is 19.2 Å². The standard InChI is InChI=1S/C12H21NO/c1-3-11(10-13-4-2)9-12-7-5-6-8-14-12/h6,8-9,12-13H,3-5,7,10H2,1-2H3/b11-9-. The lowest BCUT2D eigenvalue weighted by molar-refractivity contribution is 0.164. The fourth-order valence-corrected chi connectivity index (χ4v) is 1.53. The Kier molecular flexibility index (Phi) is 5.38. The van der Waals surface area contributed by atoms with Gasteiger partial charge < -0.3 is 10.1 Å². The highest BCUT2D eigenvalue weighted by atomic mass is 16.5. The van der Waals surface area contributed by atoms with Crippen molar-refractivity contribution in [3.05, 3.63) is 24.0 Å². The molecule has 0 bridgehead atoms. The minimum absolute atomic E-state index is 0.300. The Morgan fingerprint density at radius 2 is 2.43 bits per heavy atom. The van der Waals surface area contributed by atoms with Crippen molar-refractivity contribution in [2.24, 2.45) is 0 Å². The molecular formula is C12H21NO. The molecule has 0 aromatic rings. The van der Waals surface area contributed by atoms with E-state index >= 15 is 0 Å². The largest absolute Gasteiger partial charge is 0.494 e. The minimum Gasteiger partial charge on any atom is -0.494 e. The lowest BCUT2D eigenvalue weighted by Gasteiger charge is -2.17. The Hall–Kier alpha value is -0.760. The molecule has 1 aliphatic heterocycles. The fourth-order valence-electron chi connectivity index (χ4n) is 1.53. The molecule has 1 heterocycles. The quantitative estimate of drug-likeness (QED) is 0.681. The van der Waals surface area contributed by atoms with Crippen LogP contribution in [0.15, 0.2) is 24.0 Å². The second-order valence-electron chi connectivity index (χ2n) is 3.58. The molecule has 0 saturated heterocycles. The molecule has 1 unspecified atom stereocenters. The van der Waals surface area contributed by atoms with Crippen LogP contribution in [0.5, 0.6) is 0 Å². The van der Waals surface area contributed by atoms with E-state index in [1.165, 1.54) is 5.57 Å². The minimum atomic E-state index is 0.300. The second-order valence-corrected chi connectivity index (χ2v) is 3.58. The third kappa shape index (κ3) is 3.97. The molecule has 0 spiro atoms. The van der Waals surface area contributed by atoms with Gasteiger partial charge in [-0.2, -0.15) is 0 Å². The molecule has 80 valence electrons. The van der Waals surface area contributed by atoms with Crippen molar-refractivity contribution >= 4 is 0 Å². The number of hydrogen-bond donors (Lipinski definition) is 1. The maximum Gasteiger partial charge on any atom is 0.117 e. The number of likely N-dealkylation sites (N-methyl/N-ethyl adjacent to an activating group) is 1. The van der Waals surface area contributed by atoms with Crippen LogP contribution >= 0.6 is 0 Å². The van der Waals surface area contributed by atoms with Gasteiger partial charge in [0.25, 0.3) is 0 Å². The summed E-state index contributed by atoms with van der Waals surface area (Å²) in [6, 6.07) is 0. The number of nitrogens with one attached hydrogen (secondary N) is 1. The molecule has 0 aromatic carbocycles. The van der Waals surface area contributed by atoms with Gasteiger partial charge in [0, 0.05) is 6.54 Å². The van der Waals surface area contributed by atoms with Crippen molar-refractivity contribution in [3.63, 3.8) is 0 Å². The lowest BCUT2D eigenvalue weighted by atomic mass is 10.1. The van der Waals surface area contributed by atoms with E-state index in [1.54, 1.807) is 0 Å². The number of ether oxygens (including phenoxy) is 1. The summed E-state index contributed by atoms with van der Waals surface area (Å²) in [4.78, 5) is 0. The van der Waals surface area contributed by atoms with Gasteiger partial charge in [-0.3, -0.25) is 0 Å². The van der Waals surface area contributed by atoms with Gasteiger partial charge in [0.1, 0.15) is 6.10 Å². The summed E-state index contributed by atoms with van der Waals surface area (Å²) in [7, 11) is 0. The van der Waals surface area contributed by atoms with Crippen molar-refractivity contribution in [1.29, 1.82) is 0 Å². The normalized spacial score (nSPS) is 22.1. The zero-order valence-corrected chi connectivity index (χ0v) is 9.25. The second kappa shape index (κ2) is 6.66. The molecule has 0 amide bonds. The molecule has 0 fully saturated rings. The molecule has 2 heteroatoms.